The topological polar surface area (TPSA) is 237 Å². The van der Waals surface area contributed by atoms with Gasteiger partial charge in [-0.15, -0.1) is 0 Å². The lowest BCUT2D eigenvalue weighted by molar-refractivity contribution is -0.161. The van der Waals surface area contributed by atoms with E-state index in [0.29, 0.717) is 25.7 Å². The highest BCUT2D eigenvalue weighted by atomic mass is 31.2. The molecule has 96 heavy (non-hydrogen) atoms. The molecule has 0 bridgehead atoms. The summed E-state index contributed by atoms with van der Waals surface area (Å²) in [7, 11) is -9.95. The molecule has 19 heteroatoms. The maximum Gasteiger partial charge on any atom is 0.472 e. The van der Waals surface area contributed by atoms with Crippen LogP contribution in [0.15, 0.2) is 85.1 Å². The van der Waals surface area contributed by atoms with E-state index in [-0.39, 0.29) is 25.7 Å². The number of aliphatic hydroxyl groups is 1. The third kappa shape index (κ3) is 68.8. The van der Waals surface area contributed by atoms with Crippen LogP contribution in [-0.4, -0.2) is 96.7 Å². The summed E-state index contributed by atoms with van der Waals surface area (Å²) < 4.78 is 68.3. The van der Waals surface area contributed by atoms with Crippen LogP contribution in [0.2, 0.25) is 0 Å². The number of carbonyl (C=O) groups excluding carboxylic acids is 4. The highest BCUT2D eigenvalue weighted by Gasteiger charge is 2.30. The Morgan fingerprint density at radius 1 is 0.302 bits per heavy atom. The minimum absolute atomic E-state index is 0.0768. The Bertz CT molecular complexity index is 2160. The number of hydrogen-bond donors (Lipinski definition) is 3. The van der Waals surface area contributed by atoms with Gasteiger partial charge in [-0.3, -0.25) is 37.3 Å². The Balaban J connectivity index is 5.36. The van der Waals surface area contributed by atoms with Gasteiger partial charge in [-0.05, 0) is 135 Å². The molecular formula is C77H136O17P2. The number of rotatable bonds is 71. The quantitative estimate of drug-likeness (QED) is 0.0169. The zero-order chi connectivity index (χ0) is 70.4. The van der Waals surface area contributed by atoms with E-state index in [1.165, 1.54) is 89.9 Å². The lowest BCUT2D eigenvalue weighted by Crippen LogP contribution is -2.30. The normalized spacial score (nSPS) is 14.4. The second kappa shape index (κ2) is 69.7. The summed E-state index contributed by atoms with van der Waals surface area (Å²) in [6.07, 6.45) is 70.1. The third-order valence-electron chi connectivity index (χ3n) is 15.8. The van der Waals surface area contributed by atoms with E-state index >= 15 is 0 Å². The van der Waals surface area contributed by atoms with E-state index < -0.39 is 97.5 Å². The van der Waals surface area contributed by atoms with Crippen LogP contribution in [0.5, 0.6) is 0 Å². The van der Waals surface area contributed by atoms with Crippen LogP contribution in [0, 0.1) is 0 Å². The van der Waals surface area contributed by atoms with Gasteiger partial charge >= 0.3 is 39.5 Å². The molecule has 0 saturated heterocycles. The van der Waals surface area contributed by atoms with E-state index in [1.807, 2.05) is 0 Å². The molecule has 0 aromatic rings. The van der Waals surface area contributed by atoms with Gasteiger partial charge in [-0.2, -0.15) is 0 Å². The van der Waals surface area contributed by atoms with Crippen molar-refractivity contribution in [3.63, 3.8) is 0 Å². The molecule has 0 aliphatic heterocycles. The molecule has 0 saturated carbocycles. The second-order valence-electron chi connectivity index (χ2n) is 25.2. The summed E-state index contributed by atoms with van der Waals surface area (Å²) in [6.45, 7) is 4.65. The Morgan fingerprint density at radius 2 is 0.552 bits per heavy atom. The summed E-state index contributed by atoms with van der Waals surface area (Å²) in [5, 5.41) is 10.6. The molecule has 5 atom stereocenters. The van der Waals surface area contributed by atoms with Crippen molar-refractivity contribution in [2.45, 2.75) is 341 Å². The summed E-state index contributed by atoms with van der Waals surface area (Å²) >= 11 is 0. The maximum atomic E-state index is 13.1. The van der Waals surface area contributed by atoms with Crippen LogP contribution < -0.4 is 0 Å². The van der Waals surface area contributed by atoms with Crippen molar-refractivity contribution in [2.75, 3.05) is 39.6 Å². The van der Waals surface area contributed by atoms with Crippen molar-refractivity contribution in [1.82, 2.24) is 0 Å². The molecule has 556 valence electrons. The van der Waals surface area contributed by atoms with Gasteiger partial charge in [0.1, 0.15) is 19.3 Å². The molecule has 0 spiro atoms. The molecule has 0 radical (unpaired) electrons. The van der Waals surface area contributed by atoms with Gasteiger partial charge in [0.25, 0.3) is 0 Å². The van der Waals surface area contributed by atoms with Crippen LogP contribution >= 0.6 is 15.6 Å². The number of phosphoric ester groups is 2. The molecular weight excluding hydrogens is 1260 g/mol. The summed E-state index contributed by atoms with van der Waals surface area (Å²) in [4.78, 5) is 72.7. The highest BCUT2D eigenvalue weighted by Crippen LogP contribution is 2.45. The van der Waals surface area contributed by atoms with Gasteiger partial charge in [-0.25, -0.2) is 9.13 Å². The van der Waals surface area contributed by atoms with Gasteiger partial charge in [-0.1, -0.05) is 248 Å². The summed E-state index contributed by atoms with van der Waals surface area (Å²) in [6, 6.07) is 0. The molecule has 0 aromatic carbocycles. The minimum atomic E-state index is -4.98. The fourth-order valence-electron chi connectivity index (χ4n) is 10.0. The lowest BCUT2D eigenvalue weighted by Gasteiger charge is -2.21. The Hall–Kier alpha value is -3.76. The first-order chi connectivity index (χ1) is 46.7. The molecule has 0 aliphatic carbocycles. The number of ether oxygens (including phenoxy) is 4. The molecule has 17 nitrogen and oxygen atoms in total. The van der Waals surface area contributed by atoms with E-state index in [9.17, 15) is 43.2 Å². The highest BCUT2D eigenvalue weighted by molar-refractivity contribution is 7.47. The van der Waals surface area contributed by atoms with Gasteiger partial charge in [0, 0.05) is 25.7 Å². The predicted molar refractivity (Wildman–Crippen MR) is 390 cm³/mol. The molecule has 5 unspecified atom stereocenters. The molecule has 0 heterocycles. The zero-order valence-corrected chi connectivity index (χ0v) is 62.3. The van der Waals surface area contributed by atoms with Crippen molar-refractivity contribution >= 4 is 39.5 Å². The first kappa shape index (κ1) is 92.2. The van der Waals surface area contributed by atoms with Crippen molar-refractivity contribution in [3.8, 4) is 0 Å². The maximum absolute atomic E-state index is 13.1. The molecule has 0 rings (SSSR count). The van der Waals surface area contributed by atoms with Crippen LogP contribution in [-0.2, 0) is 65.4 Å². The largest absolute Gasteiger partial charge is 0.472 e. The van der Waals surface area contributed by atoms with Gasteiger partial charge in [0.2, 0.25) is 0 Å². The number of esters is 4. The second-order valence-corrected chi connectivity index (χ2v) is 28.1. The monoisotopic (exact) mass is 1390 g/mol. The first-order valence-electron chi connectivity index (χ1n) is 37.8. The number of aliphatic hydroxyl groups excluding tert-OH is 1. The third-order valence-corrected chi connectivity index (χ3v) is 17.7. The fourth-order valence-corrected chi connectivity index (χ4v) is 11.6. The molecule has 0 aliphatic rings. The van der Waals surface area contributed by atoms with Crippen molar-refractivity contribution < 1.29 is 80.2 Å². The fraction of sp³-hybridized carbons (Fsp3) is 0.766. The lowest BCUT2D eigenvalue weighted by atomic mass is 10.1. The number of phosphoric acid groups is 2. The molecule has 0 aromatic heterocycles. The first-order valence-corrected chi connectivity index (χ1v) is 40.8. The SMILES string of the molecule is CC/C=C\C/C=C\C/C=C\C/C=C\CCCCC(=O)OCC(COP(=O)(O)OCC(O)COP(=O)(O)OCC(COC(=O)CCCCCCC/C=C\CCCCCCCC)OC(=O)CCCCCCC/C=C\CCCC)OC(=O)CCCCCCC/C=C\CCCCCCCC. The number of unbranched alkanes of at least 4 members (excludes halogenated alkanes) is 31. The van der Waals surface area contributed by atoms with Crippen LogP contribution in [0.1, 0.15) is 323 Å². The molecule has 3 N–H and O–H groups in total. The van der Waals surface area contributed by atoms with E-state index in [1.54, 1.807) is 0 Å². The molecule has 0 amide bonds. The van der Waals surface area contributed by atoms with Crippen LogP contribution in [0.4, 0.5) is 0 Å². The Labute approximate surface area is 583 Å². The molecule has 0 fully saturated rings. The van der Waals surface area contributed by atoms with E-state index in [0.717, 1.165) is 154 Å². The van der Waals surface area contributed by atoms with Gasteiger partial charge < -0.3 is 33.8 Å². The Kier molecular flexibility index (Phi) is 67.0. The van der Waals surface area contributed by atoms with Crippen LogP contribution in [0.3, 0.4) is 0 Å². The minimum Gasteiger partial charge on any atom is -0.462 e. The summed E-state index contributed by atoms with van der Waals surface area (Å²) in [5.41, 5.74) is 0. The number of carbonyl (C=O) groups is 4. The van der Waals surface area contributed by atoms with Crippen molar-refractivity contribution in [3.05, 3.63) is 85.1 Å². The smallest absolute Gasteiger partial charge is 0.462 e. The Morgan fingerprint density at radius 3 is 0.896 bits per heavy atom. The van der Waals surface area contributed by atoms with E-state index in [4.69, 9.17) is 37.0 Å². The summed E-state index contributed by atoms with van der Waals surface area (Å²) in [5.74, 6) is -2.24. The van der Waals surface area contributed by atoms with Gasteiger partial charge in [0.15, 0.2) is 12.2 Å². The average molecular weight is 1400 g/mol. The van der Waals surface area contributed by atoms with Crippen molar-refractivity contribution in [2.24, 2.45) is 0 Å². The number of allylic oxidation sites excluding steroid dienone is 14. The predicted octanol–water partition coefficient (Wildman–Crippen LogP) is 21.4. The zero-order valence-electron chi connectivity index (χ0n) is 60.5. The van der Waals surface area contributed by atoms with Crippen LogP contribution in [0.25, 0.3) is 0 Å². The average Bonchev–Trinajstić information content (AvgIpc) is 1.09. The van der Waals surface area contributed by atoms with Crippen molar-refractivity contribution in [1.29, 1.82) is 0 Å². The number of hydrogen-bond acceptors (Lipinski definition) is 15. The van der Waals surface area contributed by atoms with E-state index in [2.05, 4.69) is 113 Å². The van der Waals surface area contributed by atoms with Gasteiger partial charge in [0.05, 0.1) is 26.4 Å². The standard InChI is InChI=1S/C77H136O17P2/c1-5-9-13-17-21-25-29-32-35-38-42-45-49-53-57-61-74(79)87-67-72(93-76(81)63-59-55-51-47-41-28-24-20-16-12-8-4)69-91-95(83,84)89-65-71(78)66-90-96(85,86)92-70-73(94-77(82)64-60-56-52-48-44-40-37-34-31-27-23-19-15-11-7-3)68-88-75(80)62-58-54-50-46-43-39-36-33-30-26-22-18-14-10-6-2/h10,14,20,22,24,26,32-37,43,46,71-73,78H,5-9,11-13,15-19,21,23,25,27-31,38-42,44-45,47-70H2,1-4H3,(H,83,84)(H,85,86)/b14-10-,24-20-,26-22-,35-32-,36-33-,37-34-,46-43-.